The molecule has 3 aromatic carbocycles. The molecule has 0 N–H and O–H groups in total. The molecule has 0 aliphatic carbocycles. The van der Waals surface area contributed by atoms with Crippen LogP contribution in [-0.2, 0) is 11.4 Å². The molecule has 148 valence electrons. The SMILES string of the molecule is COc1ccc(OC(=O)C=Cc2ccc(COc3ccccc3)cc2)cc1OC. The van der Waals surface area contributed by atoms with Crippen molar-refractivity contribution in [3.8, 4) is 23.0 Å². The summed E-state index contributed by atoms with van der Waals surface area (Å²) in [4.78, 5) is 12.1. The Morgan fingerprint density at radius 3 is 2.24 bits per heavy atom. The number of para-hydroxylation sites is 1. The zero-order valence-electron chi connectivity index (χ0n) is 16.3. The van der Waals surface area contributed by atoms with Gasteiger partial charge in [0.1, 0.15) is 18.1 Å². The Bertz CT molecular complexity index is 962. The summed E-state index contributed by atoms with van der Waals surface area (Å²) in [7, 11) is 3.07. The Morgan fingerprint density at radius 1 is 0.828 bits per heavy atom. The second-order valence-corrected chi connectivity index (χ2v) is 6.11. The molecular weight excluding hydrogens is 368 g/mol. The number of hydrogen-bond donors (Lipinski definition) is 0. The van der Waals surface area contributed by atoms with Crippen LogP contribution in [-0.4, -0.2) is 20.2 Å². The fourth-order valence-electron chi connectivity index (χ4n) is 2.60. The summed E-state index contributed by atoms with van der Waals surface area (Å²) in [5.41, 5.74) is 1.93. The summed E-state index contributed by atoms with van der Waals surface area (Å²) < 4.78 is 21.4. The van der Waals surface area contributed by atoms with Crippen LogP contribution in [0.1, 0.15) is 11.1 Å². The zero-order valence-corrected chi connectivity index (χ0v) is 16.3. The summed E-state index contributed by atoms with van der Waals surface area (Å²) in [6, 6.07) is 22.3. The summed E-state index contributed by atoms with van der Waals surface area (Å²) in [6.07, 6.45) is 3.08. The molecule has 0 radical (unpaired) electrons. The Labute approximate surface area is 170 Å². The maximum Gasteiger partial charge on any atom is 0.336 e. The predicted molar refractivity (Wildman–Crippen MR) is 111 cm³/mol. The number of carbonyl (C=O) groups excluding carboxylic acids is 1. The van der Waals surface area contributed by atoms with Gasteiger partial charge in [-0.05, 0) is 41.5 Å². The molecule has 3 rings (SSSR count). The van der Waals surface area contributed by atoms with E-state index in [0.29, 0.717) is 23.9 Å². The van der Waals surface area contributed by atoms with Crippen molar-refractivity contribution < 1.29 is 23.7 Å². The molecule has 5 nitrogen and oxygen atoms in total. The van der Waals surface area contributed by atoms with Gasteiger partial charge < -0.3 is 18.9 Å². The van der Waals surface area contributed by atoms with E-state index in [0.717, 1.165) is 16.9 Å². The van der Waals surface area contributed by atoms with Gasteiger partial charge in [0.05, 0.1) is 14.2 Å². The van der Waals surface area contributed by atoms with Crippen molar-refractivity contribution >= 4 is 12.0 Å². The number of hydrogen-bond acceptors (Lipinski definition) is 5. The lowest BCUT2D eigenvalue weighted by Crippen LogP contribution is -2.04. The third-order valence-corrected chi connectivity index (χ3v) is 4.11. The molecule has 0 saturated carbocycles. The predicted octanol–water partition coefficient (Wildman–Crippen LogP) is 4.90. The third-order valence-electron chi connectivity index (χ3n) is 4.11. The van der Waals surface area contributed by atoms with Gasteiger partial charge in [-0.15, -0.1) is 0 Å². The van der Waals surface area contributed by atoms with E-state index in [-0.39, 0.29) is 0 Å². The van der Waals surface area contributed by atoms with Crippen molar-refractivity contribution in [1.29, 1.82) is 0 Å². The molecular formula is C24H22O5. The molecule has 29 heavy (non-hydrogen) atoms. The number of rotatable bonds is 8. The quantitative estimate of drug-likeness (QED) is 0.311. The molecule has 0 atom stereocenters. The average Bonchev–Trinajstić information content (AvgIpc) is 2.77. The van der Waals surface area contributed by atoms with Gasteiger partial charge in [-0.3, -0.25) is 0 Å². The van der Waals surface area contributed by atoms with Gasteiger partial charge in [0.2, 0.25) is 0 Å². The van der Waals surface area contributed by atoms with Gasteiger partial charge in [0.15, 0.2) is 11.5 Å². The first-order chi connectivity index (χ1) is 14.2. The topological polar surface area (TPSA) is 54.0 Å². The van der Waals surface area contributed by atoms with Crippen LogP contribution in [0.2, 0.25) is 0 Å². The van der Waals surface area contributed by atoms with Crippen molar-refractivity contribution in [3.63, 3.8) is 0 Å². The second kappa shape index (κ2) is 9.99. The third kappa shape index (κ3) is 5.87. The molecule has 0 aliphatic rings. The standard InChI is InChI=1S/C24H22O5/c1-26-22-14-13-21(16-23(22)27-2)29-24(25)15-12-18-8-10-19(11-9-18)17-28-20-6-4-3-5-7-20/h3-16H,17H2,1-2H3. The maximum absolute atomic E-state index is 12.1. The van der Waals surface area contributed by atoms with Gasteiger partial charge in [0, 0.05) is 12.1 Å². The first-order valence-electron chi connectivity index (χ1n) is 9.06. The summed E-state index contributed by atoms with van der Waals surface area (Å²) in [6.45, 7) is 0.481. The molecule has 5 heteroatoms. The Morgan fingerprint density at radius 2 is 1.55 bits per heavy atom. The summed E-state index contributed by atoms with van der Waals surface area (Å²) in [5, 5.41) is 0. The second-order valence-electron chi connectivity index (χ2n) is 6.11. The smallest absolute Gasteiger partial charge is 0.336 e. The molecule has 0 unspecified atom stereocenters. The molecule has 0 aliphatic heterocycles. The number of benzene rings is 3. The first-order valence-corrected chi connectivity index (χ1v) is 9.06. The van der Waals surface area contributed by atoms with E-state index >= 15 is 0 Å². The van der Waals surface area contributed by atoms with Crippen molar-refractivity contribution in [2.75, 3.05) is 14.2 Å². The Balaban J connectivity index is 1.54. The molecule has 0 amide bonds. The van der Waals surface area contributed by atoms with E-state index in [9.17, 15) is 4.79 Å². The monoisotopic (exact) mass is 390 g/mol. The first kappa shape index (κ1) is 20.0. The fraction of sp³-hybridized carbons (Fsp3) is 0.125. The lowest BCUT2D eigenvalue weighted by molar-refractivity contribution is -0.128. The summed E-state index contributed by atoms with van der Waals surface area (Å²) in [5.74, 6) is 1.79. The largest absolute Gasteiger partial charge is 0.493 e. The highest BCUT2D eigenvalue weighted by atomic mass is 16.5. The minimum absolute atomic E-state index is 0.380. The van der Waals surface area contributed by atoms with E-state index in [1.807, 2.05) is 54.6 Å². The molecule has 0 spiro atoms. The Kier molecular flexibility index (Phi) is 6.90. The van der Waals surface area contributed by atoms with E-state index in [4.69, 9.17) is 18.9 Å². The maximum atomic E-state index is 12.1. The molecule has 0 bridgehead atoms. The average molecular weight is 390 g/mol. The normalized spacial score (nSPS) is 10.6. The van der Waals surface area contributed by atoms with Crippen LogP contribution in [0.4, 0.5) is 0 Å². The van der Waals surface area contributed by atoms with Crippen molar-refractivity contribution in [2.24, 2.45) is 0 Å². The highest BCUT2D eigenvalue weighted by molar-refractivity contribution is 5.88. The van der Waals surface area contributed by atoms with E-state index < -0.39 is 5.97 Å². The van der Waals surface area contributed by atoms with Crippen LogP contribution in [0.25, 0.3) is 6.08 Å². The van der Waals surface area contributed by atoms with E-state index in [2.05, 4.69) is 0 Å². The van der Waals surface area contributed by atoms with Crippen molar-refractivity contribution in [2.45, 2.75) is 6.61 Å². The molecule has 3 aromatic rings. The van der Waals surface area contributed by atoms with Crippen LogP contribution in [0.15, 0.2) is 78.9 Å². The number of carbonyl (C=O) groups is 1. The van der Waals surface area contributed by atoms with Gasteiger partial charge in [-0.25, -0.2) is 4.79 Å². The van der Waals surface area contributed by atoms with Crippen molar-refractivity contribution in [3.05, 3.63) is 90.0 Å². The zero-order chi connectivity index (χ0) is 20.5. The molecule has 0 aromatic heterocycles. The molecule has 0 fully saturated rings. The number of esters is 1. The Hall–Kier alpha value is -3.73. The van der Waals surface area contributed by atoms with Crippen LogP contribution < -0.4 is 18.9 Å². The van der Waals surface area contributed by atoms with E-state index in [1.165, 1.54) is 13.2 Å². The lowest BCUT2D eigenvalue weighted by atomic mass is 10.1. The minimum atomic E-state index is -0.478. The molecule has 0 saturated heterocycles. The van der Waals surface area contributed by atoms with Crippen LogP contribution in [0.5, 0.6) is 23.0 Å². The lowest BCUT2D eigenvalue weighted by Gasteiger charge is -2.09. The number of ether oxygens (including phenoxy) is 4. The molecule has 0 heterocycles. The highest BCUT2D eigenvalue weighted by Gasteiger charge is 2.07. The van der Waals surface area contributed by atoms with Gasteiger partial charge >= 0.3 is 5.97 Å². The van der Waals surface area contributed by atoms with Gasteiger partial charge in [-0.1, -0.05) is 42.5 Å². The van der Waals surface area contributed by atoms with Crippen LogP contribution >= 0.6 is 0 Å². The number of methoxy groups -OCH3 is 2. The van der Waals surface area contributed by atoms with Crippen LogP contribution in [0.3, 0.4) is 0 Å². The highest BCUT2D eigenvalue weighted by Crippen LogP contribution is 2.30. The minimum Gasteiger partial charge on any atom is -0.493 e. The van der Waals surface area contributed by atoms with E-state index in [1.54, 1.807) is 31.4 Å². The van der Waals surface area contributed by atoms with Crippen LogP contribution in [0, 0.1) is 0 Å². The van der Waals surface area contributed by atoms with Crippen molar-refractivity contribution in [1.82, 2.24) is 0 Å². The van der Waals surface area contributed by atoms with Gasteiger partial charge in [0.25, 0.3) is 0 Å². The fourth-order valence-corrected chi connectivity index (χ4v) is 2.60. The summed E-state index contributed by atoms with van der Waals surface area (Å²) >= 11 is 0. The van der Waals surface area contributed by atoms with Gasteiger partial charge in [-0.2, -0.15) is 0 Å².